The third-order valence-electron chi connectivity index (χ3n) is 6.41. The van der Waals surface area contributed by atoms with Gasteiger partial charge in [-0.15, -0.1) is 0 Å². The first-order valence-corrected chi connectivity index (χ1v) is 13.3. The number of anilines is 1. The molecule has 0 amide bonds. The minimum Gasteiger partial charge on any atom is -0.478 e. The molecule has 0 bridgehead atoms. The van der Waals surface area contributed by atoms with E-state index in [1.165, 1.54) is 11.3 Å². The number of nitrogens with zero attached hydrogens (tertiary/aromatic N) is 3. The van der Waals surface area contributed by atoms with Crippen LogP contribution in [0.2, 0.25) is 5.02 Å². The molecule has 9 heteroatoms. The van der Waals surface area contributed by atoms with Crippen LogP contribution in [-0.4, -0.2) is 52.3 Å². The molecule has 208 valence electrons. The van der Waals surface area contributed by atoms with Gasteiger partial charge in [-0.2, -0.15) is 0 Å². The van der Waals surface area contributed by atoms with Crippen LogP contribution in [0.1, 0.15) is 17.7 Å². The fraction of sp³-hybridized carbons (Fsp3) is 0.226. The molecule has 8 nitrogen and oxygen atoms in total. The maximum Gasteiger partial charge on any atom is 0.328 e. The Bertz CT molecular complexity index is 1500. The fourth-order valence-electron chi connectivity index (χ4n) is 4.68. The van der Waals surface area contributed by atoms with Crippen molar-refractivity contribution in [2.75, 3.05) is 25.5 Å². The number of hydrogen-bond acceptors (Lipinski definition) is 5. The number of ether oxygens (including phenoxy) is 1. The Hall–Kier alpha value is -4.27. The van der Waals surface area contributed by atoms with Gasteiger partial charge in [0.25, 0.3) is 0 Å². The Morgan fingerprint density at radius 3 is 2.33 bits per heavy atom. The predicted octanol–water partition coefficient (Wildman–Crippen LogP) is 6.27. The van der Waals surface area contributed by atoms with Gasteiger partial charge in [-0.05, 0) is 63.0 Å². The third kappa shape index (κ3) is 7.22. The number of halogens is 1. The first kappa shape index (κ1) is 28.7. The van der Waals surface area contributed by atoms with Crippen LogP contribution in [0, 0.1) is 0 Å². The van der Waals surface area contributed by atoms with Crippen molar-refractivity contribution < 1.29 is 24.5 Å². The summed E-state index contributed by atoms with van der Waals surface area (Å²) in [4.78, 5) is 23.8. The fourth-order valence-corrected chi connectivity index (χ4v) is 4.85. The van der Waals surface area contributed by atoms with Crippen LogP contribution < -0.4 is 9.64 Å². The molecular formula is C31H32ClN3O5. The van der Waals surface area contributed by atoms with Gasteiger partial charge >= 0.3 is 11.9 Å². The Kier molecular flexibility index (Phi) is 9.47. The molecule has 0 aliphatic carbocycles. The molecule has 0 atom stereocenters. The van der Waals surface area contributed by atoms with E-state index in [9.17, 15) is 9.59 Å². The number of hydrogen-bond donors (Lipinski definition) is 2. The average molecular weight is 562 g/mol. The first-order chi connectivity index (χ1) is 19.2. The Labute approximate surface area is 238 Å². The molecule has 4 aromatic rings. The molecule has 0 radical (unpaired) electrons. The van der Waals surface area contributed by atoms with Crippen LogP contribution in [0.3, 0.4) is 0 Å². The topological polar surface area (TPSA) is 95.2 Å². The molecule has 5 rings (SSSR count). The lowest BCUT2D eigenvalue weighted by Crippen LogP contribution is -2.23. The van der Waals surface area contributed by atoms with Gasteiger partial charge in [0.1, 0.15) is 0 Å². The van der Waals surface area contributed by atoms with E-state index in [0.717, 1.165) is 65.7 Å². The summed E-state index contributed by atoms with van der Waals surface area (Å²) < 4.78 is 9.02. The number of carboxylic acid groups (broad SMARTS) is 2. The zero-order valence-corrected chi connectivity index (χ0v) is 23.2. The number of carbonyl (C=O) groups is 2. The lowest BCUT2D eigenvalue weighted by molar-refractivity contribution is -0.134. The summed E-state index contributed by atoms with van der Waals surface area (Å²) in [7, 11) is 4.24. The predicted molar refractivity (Wildman–Crippen MR) is 157 cm³/mol. The van der Waals surface area contributed by atoms with Gasteiger partial charge in [-0.3, -0.25) is 0 Å². The minimum atomic E-state index is -1.26. The van der Waals surface area contributed by atoms with E-state index in [-0.39, 0.29) is 0 Å². The van der Waals surface area contributed by atoms with Crippen LogP contribution >= 0.6 is 11.6 Å². The average Bonchev–Trinajstić information content (AvgIpc) is 3.08. The van der Waals surface area contributed by atoms with Gasteiger partial charge in [-0.1, -0.05) is 54.1 Å². The van der Waals surface area contributed by atoms with Gasteiger partial charge < -0.3 is 29.3 Å². The molecule has 0 spiro atoms. The molecule has 2 heterocycles. The molecule has 0 fully saturated rings. The van der Waals surface area contributed by atoms with Crippen LogP contribution in [0.5, 0.6) is 11.5 Å². The monoisotopic (exact) mass is 561 g/mol. The van der Waals surface area contributed by atoms with Crippen molar-refractivity contribution in [1.29, 1.82) is 0 Å². The lowest BCUT2D eigenvalue weighted by Gasteiger charge is -2.25. The van der Waals surface area contributed by atoms with Gasteiger partial charge in [0.15, 0.2) is 11.5 Å². The van der Waals surface area contributed by atoms with Gasteiger partial charge in [0, 0.05) is 35.7 Å². The Morgan fingerprint density at radius 1 is 0.975 bits per heavy atom. The van der Waals surface area contributed by atoms with Crippen molar-refractivity contribution in [3.63, 3.8) is 0 Å². The standard InChI is InChI=1S/C27H28ClN3O.C4H4O4/c1-29(2)15-8-16-31-24-17-21(28)13-14-22(24)27-25(31)19-30(18-20-9-4-3-5-10-20)23-11-6-7-12-26(23)32-27;5-3(6)1-2-4(7)8/h3-7,9-14,17H,8,15-16,18-19H2,1-2H3;1-2H,(H,5,6)(H,7,8)/b;2-1+. The minimum absolute atomic E-state index is 0.558. The molecule has 2 N–H and O–H groups in total. The summed E-state index contributed by atoms with van der Waals surface area (Å²) in [5.74, 6) is -0.672. The number of aliphatic carboxylic acids is 2. The zero-order chi connectivity index (χ0) is 28.6. The summed E-state index contributed by atoms with van der Waals surface area (Å²) in [5, 5.41) is 17.5. The second-order valence-electron chi connectivity index (χ2n) is 9.67. The molecular weight excluding hydrogens is 530 g/mol. The summed E-state index contributed by atoms with van der Waals surface area (Å²) in [6.45, 7) is 3.54. The van der Waals surface area contributed by atoms with Crippen LogP contribution in [0.25, 0.3) is 10.9 Å². The number of rotatable bonds is 8. The molecule has 0 saturated heterocycles. The highest BCUT2D eigenvalue weighted by Gasteiger charge is 2.27. The quantitative estimate of drug-likeness (QED) is 0.245. The molecule has 40 heavy (non-hydrogen) atoms. The molecule has 1 aromatic heterocycles. The molecule has 3 aromatic carbocycles. The SMILES string of the molecule is CN(C)CCCn1c2c(c3ccc(Cl)cc31)Oc1ccccc1N(Cc1ccccc1)C2.O=C(O)/C=C/C(=O)O. The van der Waals surface area contributed by atoms with Crippen LogP contribution in [0.15, 0.2) is 84.9 Å². The summed E-state index contributed by atoms with van der Waals surface area (Å²) >= 11 is 6.42. The number of aromatic nitrogens is 1. The van der Waals surface area contributed by atoms with Crippen molar-refractivity contribution in [3.05, 3.63) is 101 Å². The normalized spacial score (nSPS) is 12.3. The van der Waals surface area contributed by atoms with E-state index in [4.69, 9.17) is 26.6 Å². The van der Waals surface area contributed by atoms with Crippen molar-refractivity contribution in [2.24, 2.45) is 0 Å². The van der Waals surface area contributed by atoms with Gasteiger partial charge in [0.05, 0.1) is 23.4 Å². The smallest absolute Gasteiger partial charge is 0.328 e. The van der Waals surface area contributed by atoms with Crippen molar-refractivity contribution >= 4 is 40.1 Å². The van der Waals surface area contributed by atoms with E-state index in [1.54, 1.807) is 0 Å². The van der Waals surface area contributed by atoms with Gasteiger partial charge in [-0.25, -0.2) is 9.59 Å². The summed E-state index contributed by atoms with van der Waals surface area (Å²) in [5.41, 5.74) is 4.74. The lowest BCUT2D eigenvalue weighted by atomic mass is 10.2. The van der Waals surface area contributed by atoms with Crippen molar-refractivity contribution in [3.8, 4) is 11.5 Å². The van der Waals surface area contributed by atoms with E-state index in [0.29, 0.717) is 12.2 Å². The van der Waals surface area contributed by atoms with E-state index >= 15 is 0 Å². The highest BCUT2D eigenvalue weighted by Crippen LogP contribution is 2.45. The van der Waals surface area contributed by atoms with Crippen molar-refractivity contribution in [2.45, 2.75) is 26.1 Å². The van der Waals surface area contributed by atoms with E-state index < -0.39 is 11.9 Å². The second kappa shape index (κ2) is 13.2. The molecule has 0 unspecified atom stereocenters. The summed E-state index contributed by atoms with van der Waals surface area (Å²) in [6, 6.07) is 25.1. The Morgan fingerprint density at radius 2 is 1.65 bits per heavy atom. The van der Waals surface area contributed by atoms with Crippen LogP contribution in [0.4, 0.5) is 5.69 Å². The number of benzene rings is 3. The molecule has 1 aliphatic heterocycles. The van der Waals surface area contributed by atoms with E-state index in [1.807, 2.05) is 12.1 Å². The first-order valence-electron chi connectivity index (χ1n) is 12.9. The maximum absolute atomic E-state index is 9.55. The number of aryl methyl sites for hydroxylation is 1. The third-order valence-corrected chi connectivity index (χ3v) is 6.65. The summed E-state index contributed by atoms with van der Waals surface area (Å²) in [6.07, 6.45) is 2.17. The number of carboxylic acids is 2. The second-order valence-corrected chi connectivity index (χ2v) is 10.1. The van der Waals surface area contributed by atoms with E-state index in [2.05, 4.69) is 89.1 Å². The molecule has 1 aliphatic rings. The largest absolute Gasteiger partial charge is 0.478 e. The zero-order valence-electron chi connectivity index (χ0n) is 22.5. The molecule has 0 saturated carbocycles. The highest BCUT2D eigenvalue weighted by atomic mass is 35.5. The number of fused-ring (bicyclic) bond motifs is 4. The Balaban J connectivity index is 0.000000406. The highest BCUT2D eigenvalue weighted by molar-refractivity contribution is 6.31. The number of para-hydroxylation sites is 2. The van der Waals surface area contributed by atoms with Gasteiger partial charge in [0.2, 0.25) is 0 Å². The van der Waals surface area contributed by atoms with Crippen molar-refractivity contribution in [1.82, 2.24) is 9.47 Å². The maximum atomic E-state index is 9.55. The van der Waals surface area contributed by atoms with Crippen LogP contribution in [-0.2, 0) is 29.2 Å².